The molecule has 0 fully saturated rings. The summed E-state index contributed by atoms with van der Waals surface area (Å²) >= 11 is 18.3. The van der Waals surface area contributed by atoms with Crippen LogP contribution in [0, 0.1) is 0 Å². The summed E-state index contributed by atoms with van der Waals surface area (Å²) in [6, 6.07) is 6.54. The molecule has 0 unspecified atom stereocenters. The van der Waals surface area contributed by atoms with Crippen molar-refractivity contribution >= 4 is 64.1 Å². The van der Waals surface area contributed by atoms with Crippen LogP contribution >= 0.6 is 46.1 Å². The number of thiazole rings is 1. The smallest absolute Gasteiger partial charge is 0.298 e. The summed E-state index contributed by atoms with van der Waals surface area (Å²) in [5, 5.41) is 6.73. The number of nitrogens with zero attached hydrogens (tertiary/aromatic N) is 2. The summed E-state index contributed by atoms with van der Waals surface area (Å²) in [5.74, 6) is 0. The third-order valence-corrected chi connectivity index (χ3v) is 3.73. The van der Waals surface area contributed by atoms with E-state index in [1.54, 1.807) is 24.3 Å². The average Bonchev–Trinajstić information content (AvgIpc) is 2.71. The average molecular weight is 351 g/mol. The predicted molar refractivity (Wildman–Crippen MR) is 81.3 cm³/mol. The fraction of sp³-hybridized carbons (Fsp3) is 0. The Labute approximate surface area is 133 Å². The normalized spacial score (nSPS) is 10.8. The molecular weight excluding hydrogens is 345 g/mol. The molecular formula is C11H6Cl3N3O2S. The number of benzene rings is 1. The number of nitrogens with one attached hydrogen (secondary N) is 1. The van der Waals surface area contributed by atoms with Crippen molar-refractivity contribution < 1.29 is 9.63 Å². The summed E-state index contributed by atoms with van der Waals surface area (Å²) in [4.78, 5) is 20.3. The lowest BCUT2D eigenvalue weighted by atomic mass is 10.3. The topological polar surface area (TPSA) is 63.6 Å². The van der Waals surface area contributed by atoms with Gasteiger partial charge in [-0.25, -0.2) is 9.78 Å². The van der Waals surface area contributed by atoms with Crippen LogP contribution in [0.5, 0.6) is 0 Å². The maximum Gasteiger partial charge on any atom is 0.437 e. The van der Waals surface area contributed by atoms with Crippen molar-refractivity contribution in [3.8, 4) is 0 Å². The highest BCUT2D eigenvalue weighted by Crippen LogP contribution is 2.24. The SMILES string of the molecule is O=C(Nc1ccc(Cl)cc1)O/N=C/c1sc(Cl)nc1Cl. The summed E-state index contributed by atoms with van der Waals surface area (Å²) in [5.41, 5.74) is 0.536. The summed E-state index contributed by atoms with van der Waals surface area (Å²) in [6.07, 6.45) is 0.517. The number of amides is 1. The summed E-state index contributed by atoms with van der Waals surface area (Å²) in [6.45, 7) is 0. The maximum atomic E-state index is 11.4. The predicted octanol–water partition coefficient (Wildman–Crippen LogP) is 4.69. The fourth-order valence-electron chi connectivity index (χ4n) is 1.16. The molecule has 0 saturated heterocycles. The Bertz CT molecular complexity index is 643. The number of oxime groups is 1. The van der Waals surface area contributed by atoms with Crippen molar-refractivity contribution in [2.24, 2.45) is 5.16 Å². The van der Waals surface area contributed by atoms with E-state index in [4.69, 9.17) is 34.8 Å². The first kappa shape index (κ1) is 15.1. The van der Waals surface area contributed by atoms with Crippen LogP contribution in [-0.4, -0.2) is 17.3 Å². The summed E-state index contributed by atoms with van der Waals surface area (Å²) < 4.78 is 0.280. The highest BCUT2D eigenvalue weighted by molar-refractivity contribution is 7.17. The molecule has 1 aromatic heterocycles. The number of aromatic nitrogens is 1. The fourth-order valence-corrected chi connectivity index (χ4v) is 2.51. The van der Waals surface area contributed by atoms with Gasteiger partial charge < -0.3 is 0 Å². The minimum Gasteiger partial charge on any atom is -0.298 e. The van der Waals surface area contributed by atoms with Gasteiger partial charge >= 0.3 is 6.09 Å². The largest absolute Gasteiger partial charge is 0.437 e. The van der Waals surface area contributed by atoms with E-state index in [9.17, 15) is 4.79 Å². The monoisotopic (exact) mass is 349 g/mol. The minimum atomic E-state index is -0.740. The van der Waals surface area contributed by atoms with E-state index in [0.29, 0.717) is 15.6 Å². The molecule has 1 heterocycles. The Morgan fingerprint density at radius 2 is 2.00 bits per heavy atom. The third kappa shape index (κ3) is 4.35. The van der Waals surface area contributed by atoms with Gasteiger partial charge in [-0.15, -0.1) is 0 Å². The van der Waals surface area contributed by atoms with Crippen molar-refractivity contribution in [3.63, 3.8) is 0 Å². The number of carbonyl (C=O) groups excluding carboxylic acids is 1. The maximum absolute atomic E-state index is 11.4. The molecule has 5 nitrogen and oxygen atoms in total. The van der Waals surface area contributed by atoms with Crippen LogP contribution in [0.25, 0.3) is 0 Å². The number of anilines is 1. The first-order valence-electron chi connectivity index (χ1n) is 5.13. The van der Waals surface area contributed by atoms with Gasteiger partial charge in [-0.05, 0) is 24.3 Å². The van der Waals surface area contributed by atoms with Crippen LogP contribution in [0.2, 0.25) is 14.6 Å². The van der Waals surface area contributed by atoms with Gasteiger partial charge in [0, 0.05) is 10.7 Å². The Morgan fingerprint density at radius 1 is 1.30 bits per heavy atom. The van der Waals surface area contributed by atoms with Crippen molar-refractivity contribution in [3.05, 3.63) is 43.8 Å². The van der Waals surface area contributed by atoms with E-state index in [0.717, 1.165) is 11.3 Å². The lowest BCUT2D eigenvalue weighted by molar-refractivity contribution is 0.167. The molecule has 0 aliphatic rings. The van der Waals surface area contributed by atoms with Gasteiger partial charge in [0.05, 0.1) is 11.1 Å². The van der Waals surface area contributed by atoms with Crippen LogP contribution in [0.4, 0.5) is 10.5 Å². The van der Waals surface area contributed by atoms with Crippen LogP contribution < -0.4 is 5.32 Å². The Hall–Kier alpha value is -1.34. The highest BCUT2D eigenvalue weighted by atomic mass is 35.5. The minimum absolute atomic E-state index is 0.199. The molecule has 0 atom stereocenters. The second-order valence-electron chi connectivity index (χ2n) is 3.37. The molecule has 0 saturated carbocycles. The van der Waals surface area contributed by atoms with Gasteiger partial charge in [-0.2, -0.15) is 0 Å². The molecule has 1 N–H and O–H groups in total. The van der Waals surface area contributed by atoms with Crippen molar-refractivity contribution in [1.29, 1.82) is 0 Å². The third-order valence-electron chi connectivity index (χ3n) is 1.98. The van der Waals surface area contributed by atoms with Gasteiger partial charge in [0.25, 0.3) is 0 Å². The van der Waals surface area contributed by atoms with Crippen molar-refractivity contribution in [2.75, 3.05) is 5.32 Å². The van der Waals surface area contributed by atoms with Gasteiger partial charge in [-0.3, -0.25) is 10.2 Å². The number of hydrogen-bond acceptors (Lipinski definition) is 5. The molecule has 9 heteroatoms. The standard InChI is InChI=1S/C11H6Cl3N3O2S/c12-6-1-3-7(4-2-6)16-11(18)19-15-5-8-9(13)17-10(14)20-8/h1-5H,(H,16,18)/b15-5+. The highest BCUT2D eigenvalue weighted by Gasteiger charge is 2.06. The molecule has 1 aromatic carbocycles. The van der Waals surface area contributed by atoms with Crippen molar-refractivity contribution in [1.82, 2.24) is 4.98 Å². The zero-order chi connectivity index (χ0) is 14.5. The molecule has 2 rings (SSSR count). The number of halogens is 3. The molecule has 1 amide bonds. The van der Waals surface area contributed by atoms with E-state index < -0.39 is 6.09 Å². The van der Waals surface area contributed by atoms with Crippen LogP contribution in [0.1, 0.15) is 4.88 Å². The molecule has 0 aliphatic carbocycles. The molecule has 0 radical (unpaired) electrons. The van der Waals surface area contributed by atoms with Gasteiger partial charge in [0.15, 0.2) is 9.62 Å². The van der Waals surface area contributed by atoms with E-state index in [-0.39, 0.29) is 9.62 Å². The number of carbonyl (C=O) groups is 1. The quantitative estimate of drug-likeness (QED) is 0.496. The Balaban J connectivity index is 1.89. The van der Waals surface area contributed by atoms with Gasteiger partial charge in [0.2, 0.25) is 0 Å². The van der Waals surface area contributed by atoms with E-state index in [2.05, 4.69) is 20.3 Å². The van der Waals surface area contributed by atoms with Crippen LogP contribution in [0.15, 0.2) is 29.4 Å². The molecule has 0 bridgehead atoms. The summed E-state index contributed by atoms with van der Waals surface area (Å²) in [7, 11) is 0. The lowest BCUT2D eigenvalue weighted by Gasteiger charge is -2.01. The molecule has 2 aromatic rings. The number of hydrogen-bond donors (Lipinski definition) is 1. The zero-order valence-corrected chi connectivity index (χ0v) is 12.7. The molecule has 0 aliphatic heterocycles. The first-order chi connectivity index (χ1) is 9.54. The lowest BCUT2D eigenvalue weighted by Crippen LogP contribution is -2.10. The van der Waals surface area contributed by atoms with E-state index in [1.807, 2.05) is 0 Å². The van der Waals surface area contributed by atoms with Gasteiger partial charge in [0.1, 0.15) is 0 Å². The number of rotatable bonds is 3. The Morgan fingerprint density at radius 3 is 2.60 bits per heavy atom. The second-order valence-corrected chi connectivity index (χ2v) is 5.77. The van der Waals surface area contributed by atoms with Crippen LogP contribution in [-0.2, 0) is 4.84 Å². The molecule has 20 heavy (non-hydrogen) atoms. The first-order valence-corrected chi connectivity index (χ1v) is 7.08. The van der Waals surface area contributed by atoms with E-state index >= 15 is 0 Å². The van der Waals surface area contributed by atoms with Crippen molar-refractivity contribution in [2.45, 2.75) is 0 Å². The molecule has 0 spiro atoms. The van der Waals surface area contributed by atoms with Gasteiger partial charge in [-0.1, -0.05) is 51.3 Å². The second kappa shape index (κ2) is 6.90. The zero-order valence-electron chi connectivity index (χ0n) is 9.64. The Kier molecular flexibility index (Phi) is 5.19. The van der Waals surface area contributed by atoms with E-state index in [1.165, 1.54) is 6.21 Å². The molecule has 104 valence electrons. The van der Waals surface area contributed by atoms with Crippen LogP contribution in [0.3, 0.4) is 0 Å².